The number of halogens is 2. The second-order valence-electron chi connectivity index (χ2n) is 8.41. The molecule has 4 amide bonds. The lowest BCUT2D eigenvalue weighted by Crippen LogP contribution is -2.54. The highest BCUT2D eigenvalue weighted by Gasteiger charge is 2.37. The van der Waals surface area contributed by atoms with Crippen LogP contribution in [0.15, 0.2) is 60.2 Å². The van der Waals surface area contributed by atoms with Crippen LogP contribution in [-0.2, 0) is 16.2 Å². The molecule has 0 atom stereocenters. The zero-order chi connectivity index (χ0) is 26.7. The van der Waals surface area contributed by atoms with E-state index in [9.17, 15) is 14.4 Å². The number of benzene rings is 3. The predicted octanol–water partition coefficient (Wildman–Crippen LogP) is 6.21. The van der Waals surface area contributed by atoms with E-state index in [4.69, 9.17) is 21.1 Å². The van der Waals surface area contributed by atoms with Crippen LogP contribution in [0.1, 0.15) is 29.2 Å². The summed E-state index contributed by atoms with van der Waals surface area (Å²) in [5, 5.41) is 2.88. The van der Waals surface area contributed by atoms with Gasteiger partial charge < -0.3 is 9.47 Å². The lowest BCUT2D eigenvalue weighted by Gasteiger charge is -2.27. The monoisotopic (exact) mass is 630 g/mol. The summed E-state index contributed by atoms with van der Waals surface area (Å²) in [6.45, 7) is 6.35. The summed E-state index contributed by atoms with van der Waals surface area (Å²) >= 11 is 8.19. The van der Waals surface area contributed by atoms with Gasteiger partial charge in [-0.1, -0.05) is 29.8 Å². The Kier molecular flexibility index (Phi) is 8.19. The van der Waals surface area contributed by atoms with Gasteiger partial charge in [0.2, 0.25) is 0 Å². The van der Waals surface area contributed by atoms with Gasteiger partial charge in [0.15, 0.2) is 11.5 Å². The molecule has 3 aromatic carbocycles. The first-order valence-corrected chi connectivity index (χ1v) is 13.0. The van der Waals surface area contributed by atoms with Gasteiger partial charge >= 0.3 is 6.03 Å². The molecule has 1 N–H and O–H groups in total. The molecule has 1 aliphatic rings. The van der Waals surface area contributed by atoms with Crippen molar-refractivity contribution in [3.05, 3.63) is 91.0 Å². The maximum Gasteiger partial charge on any atom is 0.335 e. The van der Waals surface area contributed by atoms with Crippen LogP contribution in [0.25, 0.3) is 6.08 Å². The van der Waals surface area contributed by atoms with Crippen LogP contribution in [0.2, 0.25) is 5.02 Å². The molecule has 190 valence electrons. The van der Waals surface area contributed by atoms with Gasteiger partial charge in [0.05, 0.1) is 15.9 Å². The van der Waals surface area contributed by atoms with Crippen molar-refractivity contribution < 1.29 is 23.9 Å². The highest BCUT2D eigenvalue weighted by molar-refractivity contribution is 14.1. The third-order valence-electron chi connectivity index (χ3n) is 5.77. The van der Waals surface area contributed by atoms with Gasteiger partial charge in [-0.2, -0.15) is 0 Å². The van der Waals surface area contributed by atoms with Crippen molar-refractivity contribution in [3.8, 4) is 11.5 Å². The van der Waals surface area contributed by atoms with Crippen molar-refractivity contribution >= 4 is 63.8 Å². The molecule has 1 aliphatic heterocycles. The third-order valence-corrected chi connectivity index (χ3v) is 6.80. The van der Waals surface area contributed by atoms with Gasteiger partial charge in [-0.05, 0) is 108 Å². The fourth-order valence-corrected chi connectivity index (χ4v) is 4.77. The van der Waals surface area contributed by atoms with E-state index in [1.54, 1.807) is 30.3 Å². The summed E-state index contributed by atoms with van der Waals surface area (Å²) in [6.07, 6.45) is 1.45. The Morgan fingerprint density at radius 1 is 1.00 bits per heavy atom. The molecule has 0 bridgehead atoms. The Balaban J connectivity index is 1.67. The van der Waals surface area contributed by atoms with Gasteiger partial charge in [0.1, 0.15) is 12.2 Å². The molecule has 0 aromatic heterocycles. The van der Waals surface area contributed by atoms with Gasteiger partial charge in [-0.25, -0.2) is 9.69 Å². The highest BCUT2D eigenvalue weighted by atomic mass is 127. The fraction of sp³-hybridized carbons (Fsp3) is 0.179. The van der Waals surface area contributed by atoms with Gasteiger partial charge in [-0.3, -0.25) is 14.9 Å². The van der Waals surface area contributed by atoms with Crippen molar-refractivity contribution in [1.29, 1.82) is 0 Å². The molecule has 0 spiro atoms. The van der Waals surface area contributed by atoms with E-state index in [0.717, 1.165) is 25.2 Å². The molecule has 3 aromatic rings. The fourth-order valence-electron chi connectivity index (χ4n) is 3.78. The summed E-state index contributed by atoms with van der Waals surface area (Å²) in [5.41, 5.74) is 3.62. The number of imide groups is 2. The SMILES string of the molecule is CCOc1cc(/C=C2\C(=O)NC(=O)N(c3ccc(C)c(C)c3)C2=O)cc(I)c1OCc1cccc(Cl)c1. The molecule has 1 heterocycles. The number of nitrogens with zero attached hydrogens (tertiary/aromatic N) is 1. The molecule has 0 saturated carbocycles. The number of hydrogen-bond donors (Lipinski definition) is 1. The molecule has 0 aliphatic carbocycles. The molecule has 7 nitrogen and oxygen atoms in total. The van der Waals surface area contributed by atoms with E-state index in [2.05, 4.69) is 27.9 Å². The topological polar surface area (TPSA) is 84.9 Å². The molecular formula is C28H24ClIN2O5. The zero-order valence-electron chi connectivity index (χ0n) is 20.4. The van der Waals surface area contributed by atoms with Gasteiger partial charge in [0.25, 0.3) is 11.8 Å². The predicted molar refractivity (Wildman–Crippen MR) is 151 cm³/mol. The Labute approximate surface area is 233 Å². The molecule has 4 rings (SSSR count). The van der Waals surface area contributed by atoms with E-state index >= 15 is 0 Å². The number of aryl methyl sites for hydroxylation is 2. The minimum atomic E-state index is -0.787. The standard InChI is InChI=1S/C28H24ClIN2O5/c1-4-36-24-14-19(13-23(30)25(24)37-15-18-6-5-7-20(29)11-18)12-22-26(33)31-28(35)32(27(22)34)21-9-8-16(2)17(3)10-21/h5-14H,4,15H2,1-3H3,(H,31,33,35)/b22-12+. The Bertz CT molecular complexity index is 1440. The Hall–Kier alpha value is -3.37. The number of carbonyl (C=O) groups is 3. The Morgan fingerprint density at radius 2 is 1.78 bits per heavy atom. The zero-order valence-corrected chi connectivity index (χ0v) is 23.3. The van der Waals surface area contributed by atoms with Crippen molar-refractivity contribution in [2.75, 3.05) is 11.5 Å². The number of hydrogen-bond acceptors (Lipinski definition) is 5. The van der Waals surface area contributed by atoms with E-state index in [1.807, 2.05) is 45.0 Å². The molecule has 9 heteroatoms. The van der Waals surface area contributed by atoms with Crippen molar-refractivity contribution in [3.63, 3.8) is 0 Å². The largest absolute Gasteiger partial charge is 0.490 e. The Morgan fingerprint density at radius 3 is 2.49 bits per heavy atom. The highest BCUT2D eigenvalue weighted by Crippen LogP contribution is 2.36. The summed E-state index contributed by atoms with van der Waals surface area (Å²) in [5.74, 6) is -0.458. The quantitative estimate of drug-likeness (QED) is 0.191. The first-order valence-electron chi connectivity index (χ1n) is 11.5. The van der Waals surface area contributed by atoms with Gasteiger partial charge in [0, 0.05) is 5.02 Å². The first-order chi connectivity index (χ1) is 17.7. The average Bonchev–Trinajstić information content (AvgIpc) is 2.83. The summed E-state index contributed by atoms with van der Waals surface area (Å²) in [7, 11) is 0. The third kappa shape index (κ3) is 5.97. The molecule has 0 radical (unpaired) electrons. The molecule has 1 saturated heterocycles. The molecule has 37 heavy (non-hydrogen) atoms. The van der Waals surface area contributed by atoms with E-state index in [0.29, 0.717) is 34.4 Å². The normalized spacial score (nSPS) is 14.7. The van der Waals surface area contributed by atoms with Crippen molar-refractivity contribution in [2.24, 2.45) is 0 Å². The van der Waals surface area contributed by atoms with E-state index in [-0.39, 0.29) is 12.2 Å². The van der Waals surface area contributed by atoms with Crippen LogP contribution in [0.3, 0.4) is 0 Å². The second kappa shape index (κ2) is 11.4. The van der Waals surface area contributed by atoms with E-state index in [1.165, 1.54) is 6.08 Å². The summed E-state index contributed by atoms with van der Waals surface area (Å²) in [4.78, 5) is 39.5. The molecule has 1 fully saturated rings. The van der Waals surface area contributed by atoms with Crippen LogP contribution in [0, 0.1) is 17.4 Å². The second-order valence-corrected chi connectivity index (χ2v) is 10.0. The lowest BCUT2D eigenvalue weighted by atomic mass is 10.0. The number of nitrogens with one attached hydrogen (secondary N) is 1. The van der Waals surface area contributed by atoms with Crippen LogP contribution in [-0.4, -0.2) is 24.5 Å². The first kappa shape index (κ1) is 26.7. The number of rotatable bonds is 7. The van der Waals surface area contributed by atoms with Crippen molar-refractivity contribution in [2.45, 2.75) is 27.4 Å². The van der Waals surface area contributed by atoms with Crippen LogP contribution in [0.4, 0.5) is 10.5 Å². The summed E-state index contributed by atoms with van der Waals surface area (Å²) < 4.78 is 12.6. The molecular weight excluding hydrogens is 607 g/mol. The van der Waals surface area contributed by atoms with Crippen LogP contribution in [0.5, 0.6) is 11.5 Å². The number of urea groups is 1. The smallest absolute Gasteiger partial charge is 0.335 e. The van der Waals surface area contributed by atoms with Crippen molar-refractivity contribution in [1.82, 2.24) is 5.32 Å². The maximum atomic E-state index is 13.3. The number of amides is 4. The minimum Gasteiger partial charge on any atom is -0.490 e. The number of carbonyl (C=O) groups excluding carboxylic acids is 3. The minimum absolute atomic E-state index is 0.163. The average molecular weight is 631 g/mol. The number of barbiturate groups is 1. The maximum absolute atomic E-state index is 13.3. The van der Waals surface area contributed by atoms with Crippen LogP contribution >= 0.6 is 34.2 Å². The summed E-state index contributed by atoms with van der Waals surface area (Å²) in [6, 6.07) is 15.3. The lowest BCUT2D eigenvalue weighted by molar-refractivity contribution is -0.122. The number of ether oxygens (including phenoxy) is 2. The number of anilines is 1. The van der Waals surface area contributed by atoms with Gasteiger partial charge in [-0.15, -0.1) is 0 Å². The van der Waals surface area contributed by atoms with E-state index < -0.39 is 17.8 Å². The van der Waals surface area contributed by atoms with Crippen LogP contribution < -0.4 is 19.7 Å². The molecule has 0 unspecified atom stereocenters.